The van der Waals surface area contributed by atoms with Crippen LogP contribution in [-0.4, -0.2) is 12.2 Å². The Labute approximate surface area is 121 Å². The summed E-state index contributed by atoms with van der Waals surface area (Å²) in [4.78, 5) is 0. The van der Waals surface area contributed by atoms with Crippen LogP contribution in [0.15, 0.2) is 48.5 Å². The molecule has 0 aromatic heterocycles. The number of methoxy groups -OCH3 is 1. The monoisotopic (exact) mass is 270 g/mol. The van der Waals surface area contributed by atoms with Gasteiger partial charge in [0.25, 0.3) is 0 Å². The van der Waals surface area contributed by atoms with Crippen LogP contribution < -0.4 is 4.74 Å². The van der Waals surface area contributed by atoms with Crippen molar-refractivity contribution in [3.05, 3.63) is 65.2 Å². The van der Waals surface area contributed by atoms with Crippen molar-refractivity contribution in [1.29, 1.82) is 0 Å². The number of aliphatic hydroxyl groups is 1. The average molecular weight is 270 g/mol. The molecular formula is C18H22O2. The molecule has 0 aliphatic carbocycles. The number of benzene rings is 2. The Balaban J connectivity index is 2.06. The molecule has 0 saturated carbocycles. The summed E-state index contributed by atoms with van der Waals surface area (Å²) >= 11 is 0. The third-order valence-corrected chi connectivity index (χ3v) is 3.62. The molecule has 0 saturated heterocycles. The zero-order chi connectivity index (χ0) is 14.4. The van der Waals surface area contributed by atoms with Crippen molar-refractivity contribution in [3.8, 4) is 5.75 Å². The molecule has 0 amide bonds. The molecule has 0 radical (unpaired) electrons. The van der Waals surface area contributed by atoms with Gasteiger partial charge in [0.05, 0.1) is 13.2 Å². The van der Waals surface area contributed by atoms with Gasteiger partial charge in [-0.05, 0) is 42.0 Å². The molecule has 0 spiro atoms. The Hall–Kier alpha value is -1.80. The SMILES string of the molecule is CCc1ccc(OC)c(CC[C@@H](O)c2ccccc2)c1. The third-order valence-electron chi connectivity index (χ3n) is 3.62. The summed E-state index contributed by atoms with van der Waals surface area (Å²) in [6.45, 7) is 2.14. The predicted molar refractivity (Wildman–Crippen MR) is 82.1 cm³/mol. The molecule has 1 N–H and O–H groups in total. The van der Waals surface area contributed by atoms with Crippen LogP contribution in [0, 0.1) is 0 Å². The van der Waals surface area contributed by atoms with Gasteiger partial charge in [0.15, 0.2) is 0 Å². The molecular weight excluding hydrogens is 248 g/mol. The minimum Gasteiger partial charge on any atom is -0.496 e. The van der Waals surface area contributed by atoms with Crippen LogP contribution >= 0.6 is 0 Å². The van der Waals surface area contributed by atoms with Crippen LogP contribution in [0.3, 0.4) is 0 Å². The fourth-order valence-electron chi connectivity index (χ4n) is 2.38. The van der Waals surface area contributed by atoms with E-state index in [-0.39, 0.29) is 0 Å². The summed E-state index contributed by atoms with van der Waals surface area (Å²) in [7, 11) is 1.69. The second kappa shape index (κ2) is 7.11. The fourth-order valence-corrected chi connectivity index (χ4v) is 2.38. The molecule has 0 bridgehead atoms. The highest BCUT2D eigenvalue weighted by atomic mass is 16.5. The van der Waals surface area contributed by atoms with E-state index in [2.05, 4.69) is 19.1 Å². The second-order valence-electron chi connectivity index (χ2n) is 4.96. The lowest BCUT2D eigenvalue weighted by molar-refractivity contribution is 0.167. The van der Waals surface area contributed by atoms with E-state index in [0.29, 0.717) is 6.42 Å². The summed E-state index contributed by atoms with van der Waals surface area (Å²) in [5, 5.41) is 10.2. The maximum atomic E-state index is 10.2. The second-order valence-corrected chi connectivity index (χ2v) is 4.96. The largest absolute Gasteiger partial charge is 0.496 e. The van der Waals surface area contributed by atoms with Gasteiger partial charge in [-0.15, -0.1) is 0 Å². The van der Waals surface area contributed by atoms with Crippen molar-refractivity contribution in [1.82, 2.24) is 0 Å². The Morgan fingerprint density at radius 2 is 1.85 bits per heavy atom. The lowest BCUT2D eigenvalue weighted by Gasteiger charge is -2.14. The van der Waals surface area contributed by atoms with Gasteiger partial charge in [0, 0.05) is 0 Å². The van der Waals surface area contributed by atoms with Crippen molar-refractivity contribution in [2.24, 2.45) is 0 Å². The summed E-state index contributed by atoms with van der Waals surface area (Å²) in [6, 6.07) is 16.1. The Morgan fingerprint density at radius 3 is 2.50 bits per heavy atom. The standard InChI is InChI=1S/C18H22O2/c1-3-14-9-12-18(20-2)16(13-14)10-11-17(19)15-7-5-4-6-8-15/h4-9,12-13,17,19H,3,10-11H2,1-2H3/t17-/m1/s1. The van der Waals surface area contributed by atoms with Gasteiger partial charge in [-0.25, -0.2) is 0 Å². The van der Waals surface area contributed by atoms with Crippen LogP contribution in [0.5, 0.6) is 5.75 Å². The summed E-state index contributed by atoms with van der Waals surface area (Å²) in [6.07, 6.45) is 2.10. The molecule has 2 aromatic carbocycles. The normalized spacial score (nSPS) is 12.2. The Kier molecular flexibility index (Phi) is 5.19. The van der Waals surface area contributed by atoms with Gasteiger partial charge in [0.2, 0.25) is 0 Å². The molecule has 0 heterocycles. The van der Waals surface area contributed by atoms with Crippen molar-refractivity contribution in [3.63, 3.8) is 0 Å². The smallest absolute Gasteiger partial charge is 0.122 e. The molecule has 0 aliphatic rings. The summed E-state index contributed by atoms with van der Waals surface area (Å²) < 4.78 is 5.40. The number of rotatable bonds is 6. The highest BCUT2D eigenvalue weighted by molar-refractivity contribution is 5.37. The maximum absolute atomic E-state index is 10.2. The molecule has 0 fully saturated rings. The highest BCUT2D eigenvalue weighted by Gasteiger charge is 2.10. The van der Waals surface area contributed by atoms with Crippen LogP contribution in [0.25, 0.3) is 0 Å². The topological polar surface area (TPSA) is 29.5 Å². The minimum atomic E-state index is -0.425. The number of aliphatic hydroxyl groups excluding tert-OH is 1. The first-order valence-corrected chi connectivity index (χ1v) is 7.13. The van der Waals surface area contributed by atoms with E-state index >= 15 is 0 Å². The lowest BCUT2D eigenvalue weighted by atomic mass is 9.99. The van der Waals surface area contributed by atoms with E-state index in [1.54, 1.807) is 7.11 Å². The van der Waals surface area contributed by atoms with E-state index < -0.39 is 6.10 Å². The van der Waals surface area contributed by atoms with Crippen molar-refractivity contribution >= 4 is 0 Å². The Morgan fingerprint density at radius 1 is 1.10 bits per heavy atom. The van der Waals surface area contributed by atoms with Gasteiger partial charge in [0.1, 0.15) is 5.75 Å². The number of hydrogen-bond acceptors (Lipinski definition) is 2. The van der Waals surface area contributed by atoms with Crippen LogP contribution in [-0.2, 0) is 12.8 Å². The van der Waals surface area contributed by atoms with E-state index in [4.69, 9.17) is 4.74 Å². The highest BCUT2D eigenvalue weighted by Crippen LogP contribution is 2.25. The first kappa shape index (κ1) is 14.6. The van der Waals surface area contributed by atoms with Crippen LogP contribution in [0.4, 0.5) is 0 Å². The zero-order valence-electron chi connectivity index (χ0n) is 12.2. The molecule has 1 atom stereocenters. The predicted octanol–water partition coefficient (Wildman–Crippen LogP) is 3.92. The molecule has 0 aliphatic heterocycles. The summed E-state index contributed by atoms with van der Waals surface area (Å²) in [5.74, 6) is 0.905. The van der Waals surface area contributed by atoms with Gasteiger partial charge in [-0.1, -0.05) is 49.4 Å². The molecule has 2 aromatic rings. The first-order valence-electron chi connectivity index (χ1n) is 7.13. The van der Waals surface area contributed by atoms with Gasteiger partial charge in [-0.2, -0.15) is 0 Å². The molecule has 20 heavy (non-hydrogen) atoms. The molecule has 2 rings (SSSR count). The molecule has 2 heteroatoms. The van der Waals surface area contributed by atoms with Crippen LogP contribution in [0.2, 0.25) is 0 Å². The zero-order valence-corrected chi connectivity index (χ0v) is 12.2. The lowest BCUT2D eigenvalue weighted by Crippen LogP contribution is -2.01. The van der Waals surface area contributed by atoms with E-state index in [1.165, 1.54) is 11.1 Å². The molecule has 0 unspecified atom stereocenters. The minimum absolute atomic E-state index is 0.425. The number of ether oxygens (including phenoxy) is 1. The van der Waals surface area contributed by atoms with Crippen LogP contribution in [0.1, 0.15) is 36.1 Å². The van der Waals surface area contributed by atoms with Gasteiger partial charge >= 0.3 is 0 Å². The Bertz CT molecular complexity index is 534. The first-order chi connectivity index (χ1) is 9.74. The number of aryl methyl sites for hydroxylation is 2. The van der Waals surface area contributed by atoms with E-state index in [0.717, 1.165) is 24.2 Å². The van der Waals surface area contributed by atoms with Crippen molar-refractivity contribution < 1.29 is 9.84 Å². The van der Waals surface area contributed by atoms with Gasteiger partial charge in [-0.3, -0.25) is 0 Å². The number of hydrogen-bond donors (Lipinski definition) is 1. The molecule has 106 valence electrons. The van der Waals surface area contributed by atoms with E-state index in [9.17, 15) is 5.11 Å². The maximum Gasteiger partial charge on any atom is 0.122 e. The average Bonchev–Trinajstić information content (AvgIpc) is 2.53. The van der Waals surface area contributed by atoms with Crippen molar-refractivity contribution in [2.45, 2.75) is 32.3 Å². The fraction of sp³-hybridized carbons (Fsp3) is 0.333. The summed E-state index contributed by atoms with van der Waals surface area (Å²) in [5.41, 5.74) is 3.44. The van der Waals surface area contributed by atoms with Crippen molar-refractivity contribution in [2.75, 3.05) is 7.11 Å². The van der Waals surface area contributed by atoms with E-state index in [1.807, 2.05) is 36.4 Å². The van der Waals surface area contributed by atoms with Gasteiger partial charge < -0.3 is 9.84 Å². The molecule has 2 nitrogen and oxygen atoms in total. The quantitative estimate of drug-likeness (QED) is 0.862. The third kappa shape index (κ3) is 3.61.